The number of carbonyl (C=O) groups is 1. The first kappa shape index (κ1) is 17.6. The van der Waals surface area contributed by atoms with Gasteiger partial charge in [-0.05, 0) is 26.3 Å². The highest BCUT2D eigenvalue weighted by Gasteiger charge is 2.27. The lowest BCUT2D eigenvalue weighted by atomic mass is 10.0. The maximum absolute atomic E-state index is 12.9. The number of benzene rings is 1. The van der Waals surface area contributed by atoms with Gasteiger partial charge in [0.2, 0.25) is 0 Å². The van der Waals surface area contributed by atoms with Crippen LogP contribution in [0.2, 0.25) is 0 Å². The molecule has 134 valence electrons. The highest BCUT2D eigenvalue weighted by Crippen LogP contribution is 2.24. The molecule has 6 heteroatoms. The predicted molar refractivity (Wildman–Crippen MR) is 97.3 cm³/mol. The van der Waals surface area contributed by atoms with Crippen LogP contribution in [0, 0.1) is 0 Å². The average Bonchev–Trinajstić information content (AvgIpc) is 3.16. The summed E-state index contributed by atoms with van der Waals surface area (Å²) in [4.78, 5) is 17.1. The third-order valence-corrected chi connectivity index (χ3v) is 4.98. The van der Waals surface area contributed by atoms with Crippen LogP contribution < -0.4 is 0 Å². The number of aromatic nitrogens is 2. The lowest BCUT2D eigenvalue weighted by Gasteiger charge is -2.36. The van der Waals surface area contributed by atoms with Crippen LogP contribution in [0.25, 0.3) is 11.3 Å². The van der Waals surface area contributed by atoms with E-state index >= 15 is 0 Å². The highest BCUT2D eigenvalue weighted by molar-refractivity contribution is 5.99. The molecule has 1 aliphatic heterocycles. The molecular weight excluding hydrogens is 316 g/mol. The molecule has 0 atom stereocenters. The van der Waals surface area contributed by atoms with Gasteiger partial charge in [-0.2, -0.15) is 5.10 Å². The van der Waals surface area contributed by atoms with E-state index in [-0.39, 0.29) is 12.5 Å². The van der Waals surface area contributed by atoms with Gasteiger partial charge in [0, 0.05) is 37.8 Å². The lowest BCUT2D eigenvalue weighted by Crippen LogP contribution is -2.45. The van der Waals surface area contributed by atoms with E-state index in [0.29, 0.717) is 11.6 Å². The Morgan fingerprint density at radius 1 is 1.32 bits per heavy atom. The molecule has 2 heterocycles. The quantitative estimate of drug-likeness (QED) is 0.842. The number of aromatic amines is 1. The molecule has 1 aromatic heterocycles. The summed E-state index contributed by atoms with van der Waals surface area (Å²) >= 11 is 0. The fourth-order valence-corrected chi connectivity index (χ4v) is 3.46. The first-order chi connectivity index (χ1) is 12.2. The fourth-order valence-electron chi connectivity index (χ4n) is 3.46. The number of piperidine rings is 1. The van der Waals surface area contributed by atoms with E-state index in [0.717, 1.165) is 50.2 Å². The molecule has 25 heavy (non-hydrogen) atoms. The predicted octanol–water partition coefficient (Wildman–Crippen LogP) is 2.00. The number of H-pyrrole nitrogens is 1. The molecule has 3 rings (SSSR count). The number of aliphatic hydroxyl groups excluding tert-OH is 1. The molecule has 0 radical (unpaired) electrons. The van der Waals surface area contributed by atoms with E-state index < -0.39 is 0 Å². The summed E-state index contributed by atoms with van der Waals surface area (Å²) in [6, 6.07) is 10.3. The van der Waals surface area contributed by atoms with Crippen LogP contribution in [0.15, 0.2) is 36.5 Å². The maximum atomic E-state index is 12.9. The molecule has 1 fully saturated rings. The van der Waals surface area contributed by atoms with Crippen molar-refractivity contribution in [2.24, 2.45) is 0 Å². The van der Waals surface area contributed by atoms with E-state index in [1.54, 1.807) is 6.20 Å². The van der Waals surface area contributed by atoms with Crippen molar-refractivity contribution in [1.29, 1.82) is 0 Å². The largest absolute Gasteiger partial charge is 0.396 e. The van der Waals surface area contributed by atoms with Crippen LogP contribution in [0.5, 0.6) is 0 Å². The van der Waals surface area contributed by atoms with Crippen molar-refractivity contribution in [2.75, 3.05) is 33.3 Å². The normalized spacial score (nSPS) is 15.7. The molecule has 0 saturated carbocycles. The van der Waals surface area contributed by atoms with Gasteiger partial charge < -0.3 is 14.9 Å². The number of aliphatic hydroxyl groups is 1. The molecule has 1 aromatic carbocycles. The number of rotatable bonds is 6. The zero-order chi connectivity index (χ0) is 17.6. The van der Waals surface area contributed by atoms with Gasteiger partial charge in [-0.15, -0.1) is 0 Å². The van der Waals surface area contributed by atoms with Crippen molar-refractivity contribution >= 4 is 5.91 Å². The van der Waals surface area contributed by atoms with Crippen LogP contribution in [0.4, 0.5) is 0 Å². The van der Waals surface area contributed by atoms with Crippen molar-refractivity contribution in [3.05, 3.63) is 42.1 Å². The first-order valence-corrected chi connectivity index (χ1v) is 8.90. The molecule has 1 aliphatic rings. The minimum absolute atomic E-state index is 0.0454. The van der Waals surface area contributed by atoms with Crippen molar-refractivity contribution in [3.63, 3.8) is 0 Å². The van der Waals surface area contributed by atoms with Gasteiger partial charge in [-0.25, -0.2) is 0 Å². The zero-order valence-corrected chi connectivity index (χ0v) is 14.7. The number of likely N-dealkylation sites (tertiary alicyclic amines) is 1. The SMILES string of the molecule is CN(CCCO)C1CCN(C(=O)c2cn[nH]c2-c2ccccc2)CC1. The number of carbonyl (C=O) groups excluding carboxylic acids is 1. The fraction of sp³-hybridized carbons (Fsp3) is 0.474. The van der Waals surface area contributed by atoms with Gasteiger partial charge in [-0.1, -0.05) is 30.3 Å². The minimum Gasteiger partial charge on any atom is -0.396 e. The lowest BCUT2D eigenvalue weighted by molar-refractivity contribution is 0.0642. The van der Waals surface area contributed by atoms with E-state index in [1.807, 2.05) is 35.2 Å². The van der Waals surface area contributed by atoms with Gasteiger partial charge in [0.15, 0.2) is 0 Å². The third kappa shape index (κ3) is 4.08. The van der Waals surface area contributed by atoms with Gasteiger partial charge in [0.25, 0.3) is 5.91 Å². The summed E-state index contributed by atoms with van der Waals surface area (Å²) in [6.45, 7) is 2.64. The number of hydrogen-bond donors (Lipinski definition) is 2. The Morgan fingerprint density at radius 3 is 2.72 bits per heavy atom. The van der Waals surface area contributed by atoms with Gasteiger partial charge >= 0.3 is 0 Å². The molecule has 2 N–H and O–H groups in total. The Morgan fingerprint density at radius 2 is 2.04 bits per heavy atom. The highest BCUT2D eigenvalue weighted by atomic mass is 16.3. The van der Waals surface area contributed by atoms with Crippen LogP contribution in [-0.4, -0.2) is 70.3 Å². The van der Waals surface area contributed by atoms with Crippen molar-refractivity contribution in [3.8, 4) is 11.3 Å². The van der Waals surface area contributed by atoms with E-state index in [1.165, 1.54) is 0 Å². The number of amides is 1. The molecule has 0 unspecified atom stereocenters. The maximum Gasteiger partial charge on any atom is 0.257 e. The van der Waals surface area contributed by atoms with Gasteiger partial charge in [-0.3, -0.25) is 9.89 Å². The van der Waals surface area contributed by atoms with E-state index in [2.05, 4.69) is 22.1 Å². The zero-order valence-electron chi connectivity index (χ0n) is 14.7. The molecule has 1 amide bonds. The third-order valence-electron chi connectivity index (χ3n) is 4.98. The van der Waals surface area contributed by atoms with Crippen molar-refractivity contribution in [1.82, 2.24) is 20.0 Å². The smallest absolute Gasteiger partial charge is 0.257 e. The standard InChI is InChI=1S/C19H26N4O2/c1-22(10-5-13-24)16-8-11-23(12-9-16)19(25)17-14-20-21-18(17)15-6-3-2-4-7-15/h2-4,6-7,14,16,24H,5,8-13H2,1H3,(H,20,21). The molecular formula is C19H26N4O2. The number of nitrogens with zero attached hydrogens (tertiary/aromatic N) is 3. The second kappa shape index (κ2) is 8.27. The molecule has 2 aromatic rings. The Labute approximate surface area is 148 Å². The van der Waals surface area contributed by atoms with E-state index in [4.69, 9.17) is 5.11 Å². The molecule has 0 spiro atoms. The second-order valence-corrected chi connectivity index (χ2v) is 6.61. The Hall–Kier alpha value is -2.18. The molecule has 0 bridgehead atoms. The summed E-state index contributed by atoms with van der Waals surface area (Å²) in [5.74, 6) is 0.0454. The Balaban J connectivity index is 1.63. The second-order valence-electron chi connectivity index (χ2n) is 6.61. The summed E-state index contributed by atoms with van der Waals surface area (Å²) in [7, 11) is 2.10. The summed E-state index contributed by atoms with van der Waals surface area (Å²) in [6.07, 6.45) is 4.35. The summed E-state index contributed by atoms with van der Waals surface area (Å²) < 4.78 is 0. The van der Waals surface area contributed by atoms with Gasteiger partial charge in [0.1, 0.15) is 0 Å². The minimum atomic E-state index is 0.0454. The number of nitrogens with one attached hydrogen (secondary N) is 1. The number of hydrogen-bond acceptors (Lipinski definition) is 4. The van der Waals surface area contributed by atoms with Crippen LogP contribution in [-0.2, 0) is 0 Å². The monoisotopic (exact) mass is 342 g/mol. The Bertz CT molecular complexity index is 678. The van der Waals surface area contributed by atoms with Gasteiger partial charge in [0.05, 0.1) is 17.5 Å². The van der Waals surface area contributed by atoms with Crippen LogP contribution in [0.3, 0.4) is 0 Å². The van der Waals surface area contributed by atoms with Crippen LogP contribution in [0.1, 0.15) is 29.6 Å². The van der Waals surface area contributed by atoms with Crippen LogP contribution >= 0.6 is 0 Å². The van der Waals surface area contributed by atoms with Crippen molar-refractivity contribution < 1.29 is 9.90 Å². The molecule has 6 nitrogen and oxygen atoms in total. The van der Waals surface area contributed by atoms with Crippen molar-refractivity contribution in [2.45, 2.75) is 25.3 Å². The topological polar surface area (TPSA) is 72.5 Å². The average molecular weight is 342 g/mol. The Kier molecular flexibility index (Phi) is 5.83. The first-order valence-electron chi connectivity index (χ1n) is 8.90. The summed E-state index contributed by atoms with van der Waals surface area (Å²) in [5, 5.41) is 16.0. The summed E-state index contributed by atoms with van der Waals surface area (Å²) in [5.41, 5.74) is 2.40. The van der Waals surface area contributed by atoms with E-state index in [9.17, 15) is 4.79 Å². The molecule has 0 aliphatic carbocycles. The molecule has 1 saturated heterocycles.